The van der Waals surface area contributed by atoms with Gasteiger partial charge in [0.2, 0.25) is 0 Å². The number of urea groups is 3. The molecule has 4 aromatic heterocycles. The number of benzene rings is 3. The molecule has 0 spiro atoms. The first-order valence-electron chi connectivity index (χ1n) is 28.7. The summed E-state index contributed by atoms with van der Waals surface area (Å²) < 4.78 is 19.3. The fourth-order valence-electron chi connectivity index (χ4n) is 11.2. The van der Waals surface area contributed by atoms with E-state index in [9.17, 15) is 14.4 Å². The summed E-state index contributed by atoms with van der Waals surface area (Å²) in [4.78, 5) is 54.9. The van der Waals surface area contributed by atoms with E-state index >= 15 is 0 Å². The second-order valence-corrected chi connectivity index (χ2v) is 24.2. The topological polar surface area (TPSA) is 217 Å². The average molecular weight is 1220 g/mol. The first-order valence-corrected chi connectivity index (χ1v) is 30.5. The summed E-state index contributed by atoms with van der Waals surface area (Å²) >= 11 is 0. The Hall–Kier alpha value is -8.24. The van der Waals surface area contributed by atoms with Gasteiger partial charge >= 0.3 is 41.6 Å². The number of hydrogen-bond donors (Lipinski definition) is 2. The number of nitrogens with zero attached hydrogens (tertiary/aromatic N) is 10. The van der Waals surface area contributed by atoms with Crippen LogP contribution in [0.15, 0.2) is 220 Å². The molecule has 88 heavy (non-hydrogen) atoms. The summed E-state index contributed by atoms with van der Waals surface area (Å²) in [5, 5.41) is 23.6. The Morgan fingerprint density at radius 1 is 0.614 bits per heavy atom. The number of carbonyl (C=O) groups excluding carboxylic acids is 3. The quantitative estimate of drug-likeness (QED) is 0.0296. The molecule has 7 aliphatic rings. The van der Waals surface area contributed by atoms with Gasteiger partial charge in [-0.05, 0) is 72.5 Å². The van der Waals surface area contributed by atoms with Crippen molar-refractivity contribution >= 4 is 63.6 Å². The maximum absolute atomic E-state index is 12.0. The molecule has 14 rings (SSSR count). The Balaban J connectivity index is 0.000000131. The molecule has 21 nitrogen and oxygen atoms in total. The summed E-state index contributed by atoms with van der Waals surface area (Å²) in [5.41, 5.74) is 11.2. The molecule has 11 heterocycles. The molecule has 6 bridgehead atoms. The van der Waals surface area contributed by atoms with Gasteiger partial charge in [-0.2, -0.15) is 10.5 Å². The van der Waals surface area contributed by atoms with Crippen LogP contribution >= 0.6 is 7.26 Å². The molecule has 4 unspecified atom stereocenters. The summed E-state index contributed by atoms with van der Waals surface area (Å²) in [6.45, 7) is 18.5. The maximum Gasteiger partial charge on any atom is 1.00 e. The van der Waals surface area contributed by atoms with E-state index in [1.807, 2.05) is 22.8 Å². The first-order chi connectivity index (χ1) is 42.6. The van der Waals surface area contributed by atoms with Crippen molar-refractivity contribution in [1.29, 1.82) is 0 Å². The van der Waals surface area contributed by atoms with E-state index in [-0.39, 0.29) is 71.8 Å². The van der Waals surface area contributed by atoms with Gasteiger partial charge in [0.15, 0.2) is 0 Å². The molecule has 2 N–H and O–H groups in total. The van der Waals surface area contributed by atoms with Crippen molar-refractivity contribution in [2.45, 2.75) is 38.0 Å². The van der Waals surface area contributed by atoms with Crippen molar-refractivity contribution in [3.8, 4) is 0 Å². The molecule has 23 heteroatoms. The van der Waals surface area contributed by atoms with Crippen LogP contribution in [0.5, 0.6) is 0 Å². The molecule has 7 aromatic rings. The normalized spacial score (nSPS) is 19.8. The monoisotopic (exact) mass is 1220 g/mol. The van der Waals surface area contributed by atoms with Crippen molar-refractivity contribution in [2.24, 2.45) is 0 Å². The molecule has 0 saturated carbocycles. The van der Waals surface area contributed by atoms with Crippen LogP contribution in [-0.2, 0) is 9.68 Å². The molecule has 3 saturated heterocycles. The van der Waals surface area contributed by atoms with Crippen LogP contribution in [0.25, 0.3) is 22.3 Å². The minimum Gasteiger partial charge on any atom is -0.470 e. The minimum atomic E-state index is -1.73. The number of amides is 6. The van der Waals surface area contributed by atoms with Crippen molar-refractivity contribution in [3.63, 3.8) is 0 Å². The van der Waals surface area contributed by atoms with E-state index in [2.05, 4.69) is 180 Å². The van der Waals surface area contributed by atoms with Crippen molar-refractivity contribution < 1.29 is 71.7 Å². The predicted octanol–water partition coefficient (Wildman–Crippen LogP) is 5.72. The van der Waals surface area contributed by atoms with E-state index in [1.54, 1.807) is 71.8 Å². The number of likely N-dealkylation sites (N-methyl/N-ethyl adjacent to an activating group) is 1. The van der Waals surface area contributed by atoms with E-state index in [4.69, 9.17) is 27.8 Å². The summed E-state index contributed by atoms with van der Waals surface area (Å²) in [7, 11) is 2.00. The van der Waals surface area contributed by atoms with Crippen LogP contribution in [0, 0.1) is 7.05 Å². The van der Waals surface area contributed by atoms with Crippen LogP contribution < -0.4 is 56.3 Å². The number of nitrogens with one attached hydrogen (secondary N) is 2. The molecular weight excluding hydrogens is 1150 g/mol. The van der Waals surface area contributed by atoms with Gasteiger partial charge < -0.3 is 47.9 Å². The molecule has 4 atom stereocenters. The standard InChI is InChI=1S/C21H20P.C12H13N3O3.C11H13N3O2.C11H15N3O2.C10H10N3O2.Na/c1-2-18-22(19-12-6-3-7-13-19,20-14-8-4-9-15-20)21-16-10-5-11-17-21;1-2-3-18-15-11-4-9(10-5-13-17-8-10)6-14(7-11)12(15)16;1-2-14-10-3-8(9-4-12-16-7-9)5-13(6-10)11(14)15;1-2-3-15-14-11-4-9(5-12-7-11)10-6-13-16-8-10;1-12-9-2-7(8-3-11-15-6-8)4-13(5-9)10(12)14;/h2-18H,1H3;2,4-5,8,11H,1,3,6-7H2;3-4,7,10H,2,5-6H2,1H3;2,4,6,8,11-12,14H,1,3,5,7H2;2-3,6,9H,1,4-5H2;/q+1;;;;-1;+1/b18-2+;;;;;. The largest absolute Gasteiger partial charge is 1.00 e. The summed E-state index contributed by atoms with van der Waals surface area (Å²) in [6, 6.07) is 33.0. The van der Waals surface area contributed by atoms with Crippen molar-refractivity contribution in [3.05, 3.63) is 232 Å². The van der Waals surface area contributed by atoms with Gasteiger partial charge in [-0.15, -0.1) is 13.2 Å². The maximum atomic E-state index is 12.0. The van der Waals surface area contributed by atoms with Crippen molar-refractivity contribution in [2.75, 3.05) is 72.1 Å². The smallest absolute Gasteiger partial charge is 0.470 e. The molecular formula is C65H71N12NaO9P+. The molecule has 3 aromatic carbocycles. The van der Waals surface area contributed by atoms with Gasteiger partial charge in [0, 0.05) is 87.2 Å². The van der Waals surface area contributed by atoms with Gasteiger partial charge in [0.05, 0.1) is 61.9 Å². The van der Waals surface area contributed by atoms with Gasteiger partial charge in [0.25, 0.3) is 6.03 Å². The zero-order valence-corrected chi connectivity index (χ0v) is 52.6. The van der Waals surface area contributed by atoms with Gasteiger partial charge in [-0.25, -0.2) is 9.59 Å². The van der Waals surface area contributed by atoms with Crippen LogP contribution in [0.3, 0.4) is 0 Å². The predicted molar refractivity (Wildman–Crippen MR) is 334 cm³/mol. The van der Waals surface area contributed by atoms with Crippen LogP contribution in [0.1, 0.15) is 36.1 Å². The third-order valence-corrected chi connectivity index (χ3v) is 19.4. The Morgan fingerprint density at radius 3 is 1.51 bits per heavy atom. The number of hydrogen-bond acceptors (Lipinski definition) is 15. The minimum absolute atomic E-state index is 0. The third kappa shape index (κ3) is 15.0. The zero-order valence-electron chi connectivity index (χ0n) is 49.7. The van der Waals surface area contributed by atoms with E-state index < -0.39 is 7.26 Å². The summed E-state index contributed by atoms with van der Waals surface area (Å²) in [5.74, 6) is 2.41. The second kappa shape index (κ2) is 31.1. The number of hydroxylamine groups is 3. The summed E-state index contributed by atoms with van der Waals surface area (Å²) in [6.07, 6.45) is 27.0. The SMILES string of the molecule is C/C=C/[P+](c1ccccc1)(c1ccccc1)c1ccccc1.C=CCON1C(=O)N2CC(c3cnoc3)=CC1C2.C=CCONC1C=C(c2cnoc2)CNC1.CCN1C(=O)N2CC(c3cnoc3)=CC1C2.[CH2-]N1C(=O)N2CC(c3cnoc3)=CC1C2.[Na+]. The number of aromatic nitrogens is 4. The van der Waals surface area contributed by atoms with Crippen LogP contribution in [-0.4, -0.2) is 165 Å². The Bertz CT molecular complexity index is 3430. The second-order valence-electron chi connectivity index (χ2n) is 20.9. The zero-order chi connectivity index (χ0) is 60.5. The van der Waals surface area contributed by atoms with E-state index in [0.717, 1.165) is 77.3 Å². The van der Waals surface area contributed by atoms with Crippen LogP contribution in [0.2, 0.25) is 0 Å². The molecule has 7 aliphatic heterocycles. The van der Waals surface area contributed by atoms with Gasteiger partial charge in [0.1, 0.15) is 48.2 Å². The fourth-order valence-corrected chi connectivity index (χ4v) is 15.0. The fraction of sp³-hybridized carbons (Fsp3) is 0.262. The molecule has 450 valence electrons. The molecule has 6 amide bonds. The number of carbonyl (C=O) groups is 3. The average Bonchev–Trinajstić information content (AvgIpc) is 1.50. The first kappa shape index (κ1) is 64.2. The van der Waals surface area contributed by atoms with Gasteiger partial charge in [-0.1, -0.05) is 118 Å². The Labute approximate surface area is 534 Å². The van der Waals surface area contributed by atoms with E-state index in [1.165, 1.54) is 25.9 Å². The molecule has 0 aliphatic carbocycles. The number of rotatable bonds is 16. The third-order valence-electron chi connectivity index (χ3n) is 15.3. The molecule has 0 radical (unpaired) electrons. The number of allylic oxidation sites excluding steroid dienone is 1. The Morgan fingerprint density at radius 2 is 1.06 bits per heavy atom. The Kier molecular flexibility index (Phi) is 22.7. The van der Waals surface area contributed by atoms with Crippen molar-refractivity contribution in [1.82, 2.24) is 61.0 Å². The van der Waals surface area contributed by atoms with Crippen LogP contribution in [0.4, 0.5) is 14.4 Å². The van der Waals surface area contributed by atoms with E-state index in [0.29, 0.717) is 39.4 Å². The van der Waals surface area contributed by atoms with Gasteiger partial charge in [-0.3, -0.25) is 21.5 Å². The molecule has 3 fully saturated rings. The number of fused-ring (bicyclic) bond motifs is 6.